The first-order valence-corrected chi connectivity index (χ1v) is 9.30. The SMILES string of the molecule is CCC(CC)C(c1ccc(Nc2ccc(C(=O)O)cc2)cc1)n1ccnc1. The molecule has 2 aromatic carbocycles. The van der Waals surface area contributed by atoms with Gasteiger partial charge in [-0.05, 0) is 47.9 Å². The van der Waals surface area contributed by atoms with E-state index in [1.165, 1.54) is 5.56 Å². The lowest BCUT2D eigenvalue weighted by atomic mass is 9.88. The summed E-state index contributed by atoms with van der Waals surface area (Å²) in [4.78, 5) is 15.2. The maximum Gasteiger partial charge on any atom is 0.335 e. The molecule has 0 aliphatic rings. The van der Waals surface area contributed by atoms with Crippen molar-refractivity contribution >= 4 is 17.3 Å². The summed E-state index contributed by atoms with van der Waals surface area (Å²) >= 11 is 0. The number of hydrogen-bond donors (Lipinski definition) is 2. The molecular weight excluding hydrogens is 338 g/mol. The highest BCUT2D eigenvalue weighted by atomic mass is 16.4. The number of benzene rings is 2. The topological polar surface area (TPSA) is 67.2 Å². The first-order valence-electron chi connectivity index (χ1n) is 9.30. The largest absolute Gasteiger partial charge is 0.478 e. The van der Waals surface area contributed by atoms with Gasteiger partial charge in [-0.3, -0.25) is 0 Å². The Hall–Kier alpha value is -3.08. The van der Waals surface area contributed by atoms with Crippen molar-refractivity contribution < 1.29 is 9.90 Å². The zero-order valence-electron chi connectivity index (χ0n) is 15.7. The first-order chi connectivity index (χ1) is 13.1. The van der Waals surface area contributed by atoms with E-state index >= 15 is 0 Å². The Bertz CT molecular complexity index is 852. The fourth-order valence-electron chi connectivity index (χ4n) is 3.48. The minimum Gasteiger partial charge on any atom is -0.478 e. The maximum absolute atomic E-state index is 10.9. The Kier molecular flexibility index (Phi) is 5.91. The molecule has 3 aromatic rings. The Morgan fingerprint density at radius 2 is 1.63 bits per heavy atom. The third kappa shape index (κ3) is 4.37. The van der Waals surface area contributed by atoms with Crippen LogP contribution in [0.5, 0.6) is 0 Å². The number of carboxylic acids is 1. The zero-order chi connectivity index (χ0) is 19.2. The van der Waals surface area contributed by atoms with E-state index in [9.17, 15) is 4.79 Å². The molecule has 27 heavy (non-hydrogen) atoms. The molecule has 140 valence electrons. The maximum atomic E-state index is 10.9. The number of hydrogen-bond acceptors (Lipinski definition) is 3. The van der Waals surface area contributed by atoms with Crippen LogP contribution in [0.2, 0.25) is 0 Å². The van der Waals surface area contributed by atoms with Crippen molar-refractivity contribution in [1.82, 2.24) is 9.55 Å². The molecule has 1 aromatic heterocycles. The summed E-state index contributed by atoms with van der Waals surface area (Å²) in [6.07, 6.45) is 7.95. The minimum absolute atomic E-state index is 0.270. The number of carboxylic acid groups (broad SMARTS) is 1. The highest BCUT2D eigenvalue weighted by molar-refractivity contribution is 5.88. The first kappa shape index (κ1) is 18.7. The van der Waals surface area contributed by atoms with Crippen LogP contribution >= 0.6 is 0 Å². The normalized spacial score (nSPS) is 12.1. The molecule has 3 rings (SSSR count). The summed E-state index contributed by atoms with van der Waals surface area (Å²) in [6, 6.07) is 15.4. The van der Waals surface area contributed by atoms with E-state index in [0.717, 1.165) is 24.2 Å². The molecule has 5 heteroatoms. The Balaban J connectivity index is 1.79. The van der Waals surface area contributed by atoms with Crippen LogP contribution in [-0.2, 0) is 0 Å². The minimum atomic E-state index is -0.919. The van der Waals surface area contributed by atoms with Crippen molar-refractivity contribution in [2.45, 2.75) is 32.7 Å². The van der Waals surface area contributed by atoms with Crippen LogP contribution in [0.1, 0.15) is 48.7 Å². The molecule has 1 heterocycles. The molecule has 1 atom stereocenters. The van der Waals surface area contributed by atoms with Crippen molar-refractivity contribution in [3.05, 3.63) is 78.4 Å². The fourth-order valence-corrected chi connectivity index (χ4v) is 3.48. The van der Waals surface area contributed by atoms with Gasteiger partial charge in [-0.2, -0.15) is 0 Å². The van der Waals surface area contributed by atoms with Crippen molar-refractivity contribution in [3.63, 3.8) is 0 Å². The molecule has 0 aliphatic carbocycles. The van der Waals surface area contributed by atoms with Gasteiger partial charge >= 0.3 is 5.97 Å². The second-order valence-corrected chi connectivity index (χ2v) is 6.66. The lowest BCUT2D eigenvalue weighted by Crippen LogP contribution is -2.19. The highest BCUT2D eigenvalue weighted by Gasteiger charge is 2.21. The van der Waals surface area contributed by atoms with Crippen LogP contribution in [0.15, 0.2) is 67.3 Å². The number of imidazole rings is 1. The summed E-state index contributed by atoms with van der Waals surface area (Å²) in [5.74, 6) is -0.376. The van der Waals surface area contributed by atoms with Gasteiger partial charge in [0.2, 0.25) is 0 Å². The van der Waals surface area contributed by atoms with Crippen molar-refractivity contribution in [2.24, 2.45) is 5.92 Å². The number of nitrogens with zero attached hydrogens (tertiary/aromatic N) is 2. The van der Waals surface area contributed by atoms with Gasteiger partial charge in [-0.25, -0.2) is 9.78 Å². The number of carbonyl (C=O) groups is 1. The predicted octanol–water partition coefficient (Wildman–Crippen LogP) is 5.35. The highest BCUT2D eigenvalue weighted by Crippen LogP contribution is 2.32. The summed E-state index contributed by atoms with van der Waals surface area (Å²) in [7, 11) is 0. The quantitative estimate of drug-likeness (QED) is 0.566. The molecule has 2 N–H and O–H groups in total. The summed E-state index contributed by atoms with van der Waals surface area (Å²) in [5.41, 5.74) is 3.37. The van der Waals surface area contributed by atoms with E-state index < -0.39 is 5.97 Å². The molecule has 0 amide bonds. The molecule has 0 aliphatic heterocycles. The van der Waals surface area contributed by atoms with Crippen LogP contribution in [0, 0.1) is 5.92 Å². The number of nitrogens with one attached hydrogen (secondary N) is 1. The predicted molar refractivity (Wildman–Crippen MR) is 108 cm³/mol. The second kappa shape index (κ2) is 8.54. The van der Waals surface area contributed by atoms with E-state index in [0.29, 0.717) is 5.92 Å². The molecule has 1 unspecified atom stereocenters. The van der Waals surface area contributed by atoms with Gasteiger partial charge in [0.25, 0.3) is 0 Å². The zero-order valence-corrected chi connectivity index (χ0v) is 15.7. The van der Waals surface area contributed by atoms with E-state index in [1.54, 1.807) is 24.3 Å². The Labute approximate surface area is 159 Å². The van der Waals surface area contributed by atoms with E-state index in [4.69, 9.17) is 5.11 Å². The third-order valence-corrected chi connectivity index (χ3v) is 5.01. The van der Waals surface area contributed by atoms with E-state index in [1.807, 2.05) is 18.7 Å². The average molecular weight is 363 g/mol. The van der Waals surface area contributed by atoms with E-state index in [-0.39, 0.29) is 11.6 Å². The molecule has 0 fully saturated rings. The lowest BCUT2D eigenvalue weighted by Gasteiger charge is -2.27. The molecule has 0 saturated heterocycles. The molecule has 5 nitrogen and oxygen atoms in total. The monoisotopic (exact) mass is 363 g/mol. The van der Waals surface area contributed by atoms with Crippen LogP contribution in [0.25, 0.3) is 0 Å². The second-order valence-electron chi connectivity index (χ2n) is 6.66. The lowest BCUT2D eigenvalue weighted by molar-refractivity contribution is 0.0697. The summed E-state index contributed by atoms with van der Waals surface area (Å²) in [5, 5.41) is 12.3. The molecule has 0 spiro atoms. The van der Waals surface area contributed by atoms with Gasteiger partial charge < -0.3 is 15.0 Å². The standard InChI is InChI=1S/C22H25N3O2/c1-3-16(4-2)21(25-14-13-23-15-25)17-5-9-19(10-6-17)24-20-11-7-18(8-12-20)22(26)27/h5-16,21,24H,3-4H2,1-2H3,(H,26,27). The van der Waals surface area contributed by atoms with Crippen LogP contribution in [-0.4, -0.2) is 20.6 Å². The van der Waals surface area contributed by atoms with Gasteiger partial charge in [-0.1, -0.05) is 38.8 Å². The van der Waals surface area contributed by atoms with Crippen molar-refractivity contribution in [1.29, 1.82) is 0 Å². The number of aromatic nitrogens is 2. The molecular formula is C22H25N3O2. The van der Waals surface area contributed by atoms with Gasteiger partial charge in [0.05, 0.1) is 17.9 Å². The van der Waals surface area contributed by atoms with Crippen molar-refractivity contribution in [2.75, 3.05) is 5.32 Å². The van der Waals surface area contributed by atoms with Gasteiger partial charge in [0.1, 0.15) is 0 Å². The fraction of sp³-hybridized carbons (Fsp3) is 0.273. The molecule has 0 saturated carbocycles. The number of rotatable bonds is 8. The Morgan fingerprint density at radius 3 is 2.11 bits per heavy atom. The smallest absolute Gasteiger partial charge is 0.335 e. The molecule has 0 bridgehead atoms. The average Bonchev–Trinajstić information content (AvgIpc) is 3.21. The van der Waals surface area contributed by atoms with Crippen LogP contribution in [0.4, 0.5) is 11.4 Å². The van der Waals surface area contributed by atoms with Gasteiger partial charge in [0.15, 0.2) is 0 Å². The van der Waals surface area contributed by atoms with Gasteiger partial charge in [-0.15, -0.1) is 0 Å². The number of aromatic carboxylic acids is 1. The summed E-state index contributed by atoms with van der Waals surface area (Å²) < 4.78 is 2.19. The van der Waals surface area contributed by atoms with Crippen LogP contribution < -0.4 is 5.32 Å². The van der Waals surface area contributed by atoms with E-state index in [2.05, 4.69) is 53.0 Å². The Morgan fingerprint density at radius 1 is 1.04 bits per heavy atom. The van der Waals surface area contributed by atoms with Crippen LogP contribution in [0.3, 0.4) is 0 Å². The molecule has 0 radical (unpaired) electrons. The number of anilines is 2. The third-order valence-electron chi connectivity index (χ3n) is 5.01. The van der Waals surface area contributed by atoms with Gasteiger partial charge in [0, 0.05) is 23.8 Å². The van der Waals surface area contributed by atoms with Crippen molar-refractivity contribution in [3.8, 4) is 0 Å². The summed E-state index contributed by atoms with van der Waals surface area (Å²) in [6.45, 7) is 4.46.